The summed E-state index contributed by atoms with van der Waals surface area (Å²) in [5.41, 5.74) is 3.39. The minimum Gasteiger partial charge on any atom is -0.379 e. The number of thioether (sulfide) groups is 1. The third kappa shape index (κ3) is 5.28. The molecule has 0 aliphatic heterocycles. The first-order valence-corrected chi connectivity index (χ1v) is 11.8. The largest absolute Gasteiger partial charge is 0.379 e. The van der Waals surface area contributed by atoms with Crippen molar-refractivity contribution in [3.05, 3.63) is 57.6 Å². The fourth-order valence-electron chi connectivity index (χ4n) is 3.77. The SMILES string of the molecule is CCn1c(C)cc(C(=O)CSc2nc3ccccc3c(=O)n2CCCOC(C)C)c1C. The number of rotatable bonds is 10. The predicted molar refractivity (Wildman–Crippen MR) is 126 cm³/mol. The Balaban J connectivity index is 1.85. The van der Waals surface area contributed by atoms with Gasteiger partial charge < -0.3 is 9.30 Å². The van der Waals surface area contributed by atoms with E-state index in [-0.39, 0.29) is 23.2 Å². The zero-order valence-corrected chi connectivity index (χ0v) is 19.8. The minimum absolute atomic E-state index is 0.0508. The topological polar surface area (TPSA) is 66.1 Å². The van der Waals surface area contributed by atoms with Crippen molar-refractivity contribution in [2.75, 3.05) is 12.4 Å². The molecule has 6 nitrogen and oxygen atoms in total. The smallest absolute Gasteiger partial charge is 0.262 e. The zero-order chi connectivity index (χ0) is 22.5. The second-order valence-corrected chi connectivity index (χ2v) is 8.82. The zero-order valence-electron chi connectivity index (χ0n) is 19.0. The number of carbonyl (C=O) groups is 1. The lowest BCUT2D eigenvalue weighted by atomic mass is 10.2. The Morgan fingerprint density at radius 3 is 2.61 bits per heavy atom. The normalized spacial score (nSPS) is 11.5. The minimum atomic E-state index is -0.0748. The van der Waals surface area contributed by atoms with Gasteiger partial charge in [0.15, 0.2) is 10.9 Å². The Morgan fingerprint density at radius 2 is 1.94 bits per heavy atom. The molecule has 0 amide bonds. The van der Waals surface area contributed by atoms with Crippen molar-refractivity contribution < 1.29 is 9.53 Å². The maximum Gasteiger partial charge on any atom is 0.262 e. The Kier molecular flexibility index (Phi) is 7.73. The Bertz CT molecular complexity index is 1130. The summed E-state index contributed by atoms with van der Waals surface area (Å²) in [5, 5.41) is 1.17. The van der Waals surface area contributed by atoms with Gasteiger partial charge in [-0.2, -0.15) is 0 Å². The van der Waals surface area contributed by atoms with Crippen molar-refractivity contribution in [3.8, 4) is 0 Å². The van der Waals surface area contributed by atoms with Gasteiger partial charge in [-0.15, -0.1) is 0 Å². The van der Waals surface area contributed by atoms with Crippen LogP contribution in [0, 0.1) is 13.8 Å². The molecule has 2 aromatic heterocycles. The maximum absolute atomic E-state index is 13.1. The highest BCUT2D eigenvalue weighted by Crippen LogP contribution is 2.22. The summed E-state index contributed by atoms with van der Waals surface area (Å²) in [4.78, 5) is 30.8. The third-order valence-electron chi connectivity index (χ3n) is 5.33. The fourth-order valence-corrected chi connectivity index (χ4v) is 4.68. The molecule has 2 heterocycles. The second-order valence-electron chi connectivity index (χ2n) is 7.88. The van der Waals surface area contributed by atoms with Crippen LogP contribution >= 0.6 is 11.8 Å². The highest BCUT2D eigenvalue weighted by molar-refractivity contribution is 7.99. The van der Waals surface area contributed by atoms with Crippen LogP contribution in [0.15, 0.2) is 40.3 Å². The lowest BCUT2D eigenvalue weighted by Gasteiger charge is -2.14. The molecule has 0 N–H and O–H groups in total. The van der Waals surface area contributed by atoms with Crippen molar-refractivity contribution in [1.29, 1.82) is 0 Å². The molecule has 0 radical (unpaired) electrons. The number of ketones is 1. The van der Waals surface area contributed by atoms with E-state index in [0.717, 1.165) is 23.5 Å². The first-order chi connectivity index (χ1) is 14.8. The van der Waals surface area contributed by atoms with Crippen molar-refractivity contribution in [3.63, 3.8) is 0 Å². The number of Topliss-reactive ketones (excluding diaryl/α,β-unsaturated/α-hetero) is 1. The van der Waals surface area contributed by atoms with Crippen LogP contribution in [0.5, 0.6) is 0 Å². The molecule has 0 fully saturated rings. The number of fused-ring (bicyclic) bond motifs is 1. The molecule has 0 aliphatic rings. The van der Waals surface area contributed by atoms with Crippen LogP contribution in [-0.2, 0) is 17.8 Å². The Morgan fingerprint density at radius 1 is 1.19 bits per heavy atom. The molecule has 7 heteroatoms. The second kappa shape index (κ2) is 10.3. The Labute approximate surface area is 187 Å². The predicted octanol–water partition coefficient (Wildman–Crippen LogP) is 4.62. The van der Waals surface area contributed by atoms with Crippen molar-refractivity contribution >= 4 is 28.4 Å². The van der Waals surface area contributed by atoms with Gasteiger partial charge >= 0.3 is 0 Å². The summed E-state index contributed by atoms with van der Waals surface area (Å²) >= 11 is 1.33. The molecular weight excluding hydrogens is 410 g/mol. The van der Waals surface area contributed by atoms with E-state index in [2.05, 4.69) is 11.5 Å². The average Bonchev–Trinajstić information content (AvgIpc) is 3.04. The monoisotopic (exact) mass is 441 g/mol. The van der Waals surface area contributed by atoms with Gasteiger partial charge in [-0.25, -0.2) is 4.98 Å². The van der Waals surface area contributed by atoms with Gasteiger partial charge in [0.1, 0.15) is 0 Å². The van der Waals surface area contributed by atoms with Crippen LogP contribution < -0.4 is 5.56 Å². The lowest BCUT2D eigenvalue weighted by molar-refractivity contribution is 0.0743. The summed E-state index contributed by atoms with van der Waals surface area (Å²) in [6, 6.07) is 9.30. The van der Waals surface area contributed by atoms with E-state index in [1.165, 1.54) is 11.8 Å². The fraction of sp³-hybridized carbons (Fsp3) is 0.458. The number of carbonyl (C=O) groups excluding carboxylic acids is 1. The summed E-state index contributed by atoms with van der Waals surface area (Å²) in [6.07, 6.45) is 0.858. The first-order valence-electron chi connectivity index (χ1n) is 10.8. The number of aryl methyl sites for hydroxylation is 1. The molecule has 0 saturated heterocycles. The lowest BCUT2D eigenvalue weighted by Crippen LogP contribution is -2.24. The number of nitrogens with zero attached hydrogens (tertiary/aromatic N) is 3. The standard InChI is InChI=1S/C24H31N3O3S/c1-6-26-17(4)14-20(18(26)5)22(28)15-31-24-25-21-11-8-7-10-19(21)23(29)27(24)12-9-13-30-16(2)3/h7-8,10-11,14,16H,6,9,12-13,15H2,1-5H3. The van der Waals surface area contributed by atoms with Crippen molar-refractivity contribution in [2.24, 2.45) is 0 Å². The van der Waals surface area contributed by atoms with Crippen LogP contribution in [0.1, 0.15) is 48.9 Å². The summed E-state index contributed by atoms with van der Waals surface area (Å²) in [7, 11) is 0. The summed E-state index contributed by atoms with van der Waals surface area (Å²) < 4.78 is 9.44. The van der Waals surface area contributed by atoms with E-state index < -0.39 is 0 Å². The van der Waals surface area contributed by atoms with E-state index >= 15 is 0 Å². The van der Waals surface area contributed by atoms with Gasteiger partial charge in [0, 0.05) is 36.6 Å². The van der Waals surface area contributed by atoms with Crippen molar-refractivity contribution in [1.82, 2.24) is 14.1 Å². The van der Waals surface area contributed by atoms with Gasteiger partial charge in [0.25, 0.3) is 5.56 Å². The number of hydrogen-bond acceptors (Lipinski definition) is 5. The maximum atomic E-state index is 13.1. The molecule has 0 spiro atoms. The molecule has 166 valence electrons. The number of para-hydroxylation sites is 1. The van der Waals surface area contributed by atoms with E-state index in [0.29, 0.717) is 35.6 Å². The molecule has 1 aromatic carbocycles. The van der Waals surface area contributed by atoms with Crippen molar-refractivity contribution in [2.45, 2.75) is 65.4 Å². The summed E-state index contributed by atoms with van der Waals surface area (Å²) in [6.45, 7) is 12.0. The van der Waals surface area contributed by atoms with Gasteiger partial charge in [-0.1, -0.05) is 23.9 Å². The first kappa shape index (κ1) is 23.3. The number of ether oxygens (including phenoxy) is 1. The number of hydrogen-bond donors (Lipinski definition) is 0. The molecular formula is C24H31N3O3S. The van der Waals surface area contributed by atoms with Gasteiger partial charge in [-0.3, -0.25) is 14.2 Å². The average molecular weight is 442 g/mol. The molecule has 0 atom stereocenters. The molecule has 0 aliphatic carbocycles. The van der Waals surface area contributed by atoms with Crippen LogP contribution in [-0.4, -0.2) is 38.4 Å². The molecule has 3 aromatic rings. The molecule has 31 heavy (non-hydrogen) atoms. The molecule has 0 bridgehead atoms. The van der Waals surface area contributed by atoms with Gasteiger partial charge in [0.05, 0.1) is 22.8 Å². The van der Waals surface area contributed by atoms with Gasteiger partial charge in [-0.05, 0) is 59.2 Å². The third-order valence-corrected chi connectivity index (χ3v) is 6.30. The quantitative estimate of drug-likeness (QED) is 0.199. The molecule has 0 saturated carbocycles. The van der Waals surface area contributed by atoms with Gasteiger partial charge in [0.2, 0.25) is 0 Å². The van der Waals surface area contributed by atoms with E-state index in [1.807, 2.05) is 52.0 Å². The van der Waals surface area contributed by atoms with Crippen LogP contribution in [0.3, 0.4) is 0 Å². The highest BCUT2D eigenvalue weighted by atomic mass is 32.2. The van der Waals surface area contributed by atoms with Crippen LogP contribution in [0.25, 0.3) is 10.9 Å². The highest BCUT2D eigenvalue weighted by Gasteiger charge is 2.18. The number of benzene rings is 1. The summed E-state index contributed by atoms with van der Waals surface area (Å²) in [5.74, 6) is 0.288. The number of aromatic nitrogens is 3. The molecule has 0 unspecified atom stereocenters. The van der Waals surface area contributed by atoms with Crippen LogP contribution in [0.2, 0.25) is 0 Å². The van der Waals surface area contributed by atoms with E-state index in [4.69, 9.17) is 9.72 Å². The molecule has 3 rings (SSSR count). The van der Waals surface area contributed by atoms with Crippen LogP contribution in [0.4, 0.5) is 0 Å². The Hall–Kier alpha value is -2.38. The van der Waals surface area contributed by atoms with E-state index in [1.54, 1.807) is 10.6 Å². The van der Waals surface area contributed by atoms with E-state index in [9.17, 15) is 9.59 Å².